The average Bonchev–Trinajstić information content (AvgIpc) is 3.00. The number of halogens is 3. The minimum atomic E-state index is -4.55. The second-order valence-electron chi connectivity index (χ2n) is 8.47. The molecule has 0 atom stereocenters. The maximum Gasteiger partial charge on any atom is 0.416 e. The van der Waals surface area contributed by atoms with Crippen molar-refractivity contribution >= 4 is 29.1 Å². The molecule has 3 aromatic rings. The minimum Gasteiger partial charge on any atom is -0.465 e. The number of alkyl halides is 3. The molecule has 0 bridgehead atoms. The molecule has 4 rings (SSSR count). The molecule has 0 radical (unpaired) electrons. The molecule has 1 heterocycles. The second kappa shape index (κ2) is 10.6. The monoisotopic (exact) mass is 505 g/mol. The highest BCUT2D eigenvalue weighted by Crippen LogP contribution is 2.39. The lowest BCUT2D eigenvalue weighted by Crippen LogP contribution is -2.29. The zero-order valence-electron chi connectivity index (χ0n) is 19.8. The minimum absolute atomic E-state index is 0.000972. The number of benzene rings is 3. The summed E-state index contributed by atoms with van der Waals surface area (Å²) in [5.41, 5.74) is 1.81. The molecule has 37 heavy (non-hydrogen) atoms. The van der Waals surface area contributed by atoms with E-state index >= 15 is 0 Å². The number of carboxylic acid groups (broad SMARTS) is 1. The summed E-state index contributed by atoms with van der Waals surface area (Å²) >= 11 is 0. The van der Waals surface area contributed by atoms with E-state index in [4.69, 9.17) is 0 Å². The predicted molar refractivity (Wildman–Crippen MR) is 134 cm³/mol. The van der Waals surface area contributed by atoms with E-state index in [0.717, 1.165) is 11.6 Å². The van der Waals surface area contributed by atoms with E-state index in [-0.39, 0.29) is 36.4 Å². The Morgan fingerprint density at radius 3 is 2.57 bits per heavy atom. The molecule has 0 spiro atoms. The summed E-state index contributed by atoms with van der Waals surface area (Å²) in [7, 11) is 0. The number of nitrogens with one attached hydrogen (secondary N) is 1. The predicted octanol–water partition coefficient (Wildman–Crippen LogP) is 6.01. The summed E-state index contributed by atoms with van der Waals surface area (Å²) in [6, 6.07) is 18.3. The second-order valence-corrected chi connectivity index (χ2v) is 8.47. The molecule has 6 nitrogen and oxygen atoms in total. The van der Waals surface area contributed by atoms with Crippen LogP contribution < -0.4 is 5.32 Å². The molecule has 0 unspecified atom stereocenters. The SMILES string of the molecule is Cc1cc2c(cc1C(F)(F)F)NC(=O)CC(c1cccc(C#CCN(Cc3ccccc3)C(=O)O)c1)=N2. The maximum absolute atomic E-state index is 13.3. The Bertz CT molecular complexity index is 1440. The van der Waals surface area contributed by atoms with Gasteiger partial charge in [0.25, 0.3) is 0 Å². The van der Waals surface area contributed by atoms with Gasteiger partial charge in [0.15, 0.2) is 0 Å². The Morgan fingerprint density at radius 2 is 1.86 bits per heavy atom. The molecule has 3 aromatic carbocycles. The van der Waals surface area contributed by atoms with Crippen LogP contribution in [-0.2, 0) is 17.5 Å². The summed E-state index contributed by atoms with van der Waals surface area (Å²) in [5.74, 6) is 5.32. The Labute approximate surface area is 211 Å². The number of aryl methyl sites for hydroxylation is 1. The molecule has 188 valence electrons. The van der Waals surface area contributed by atoms with Crippen molar-refractivity contribution in [2.24, 2.45) is 4.99 Å². The molecular formula is C28H22F3N3O3. The third kappa shape index (κ3) is 6.35. The largest absolute Gasteiger partial charge is 0.465 e. The van der Waals surface area contributed by atoms with E-state index in [2.05, 4.69) is 22.2 Å². The fourth-order valence-electron chi connectivity index (χ4n) is 3.90. The van der Waals surface area contributed by atoms with Crippen molar-refractivity contribution in [1.29, 1.82) is 0 Å². The first kappa shape index (κ1) is 25.5. The van der Waals surface area contributed by atoms with Crippen LogP contribution in [0.1, 0.15) is 34.2 Å². The number of hydrogen-bond donors (Lipinski definition) is 2. The van der Waals surface area contributed by atoms with Gasteiger partial charge in [-0.25, -0.2) is 4.79 Å². The molecule has 0 saturated carbocycles. The van der Waals surface area contributed by atoms with Gasteiger partial charge in [0.05, 0.1) is 35.6 Å². The number of rotatable bonds is 4. The summed E-state index contributed by atoms with van der Waals surface area (Å²) in [6.45, 7) is 1.54. The van der Waals surface area contributed by atoms with Crippen LogP contribution in [0.15, 0.2) is 71.7 Å². The summed E-state index contributed by atoms with van der Waals surface area (Å²) in [6.07, 6.45) is -5.77. The van der Waals surface area contributed by atoms with Crippen LogP contribution in [0.3, 0.4) is 0 Å². The van der Waals surface area contributed by atoms with Crippen LogP contribution in [-0.4, -0.2) is 34.3 Å². The van der Waals surface area contributed by atoms with Crippen molar-refractivity contribution in [2.75, 3.05) is 11.9 Å². The Kier molecular flexibility index (Phi) is 7.30. The number of anilines is 1. The highest BCUT2D eigenvalue weighted by atomic mass is 19.4. The molecule has 0 fully saturated rings. The van der Waals surface area contributed by atoms with Gasteiger partial charge in [-0.1, -0.05) is 54.3 Å². The van der Waals surface area contributed by atoms with Gasteiger partial charge in [-0.15, -0.1) is 0 Å². The van der Waals surface area contributed by atoms with Gasteiger partial charge in [0, 0.05) is 12.1 Å². The van der Waals surface area contributed by atoms with Crippen molar-refractivity contribution in [3.63, 3.8) is 0 Å². The van der Waals surface area contributed by atoms with E-state index in [9.17, 15) is 27.9 Å². The molecule has 1 aliphatic heterocycles. The van der Waals surface area contributed by atoms with E-state index in [1.807, 2.05) is 30.3 Å². The molecule has 2 amide bonds. The first-order valence-electron chi connectivity index (χ1n) is 11.3. The first-order chi connectivity index (χ1) is 17.6. The quantitative estimate of drug-likeness (QED) is 0.426. The molecule has 0 saturated heterocycles. The lowest BCUT2D eigenvalue weighted by atomic mass is 10.0. The molecule has 9 heteroatoms. The zero-order valence-corrected chi connectivity index (χ0v) is 19.8. The zero-order chi connectivity index (χ0) is 26.6. The third-order valence-corrected chi connectivity index (χ3v) is 5.69. The van der Waals surface area contributed by atoms with Gasteiger partial charge in [0.1, 0.15) is 0 Å². The van der Waals surface area contributed by atoms with Crippen molar-refractivity contribution in [3.05, 3.63) is 94.5 Å². The van der Waals surface area contributed by atoms with Gasteiger partial charge in [0.2, 0.25) is 5.91 Å². The van der Waals surface area contributed by atoms with Crippen molar-refractivity contribution < 1.29 is 27.9 Å². The topological polar surface area (TPSA) is 82.0 Å². The lowest BCUT2D eigenvalue weighted by Gasteiger charge is -2.16. The average molecular weight is 505 g/mol. The molecule has 2 N–H and O–H groups in total. The normalized spacial score (nSPS) is 12.9. The number of hydrogen-bond acceptors (Lipinski definition) is 3. The van der Waals surface area contributed by atoms with Crippen LogP contribution in [0.25, 0.3) is 0 Å². The van der Waals surface area contributed by atoms with Crippen LogP contribution in [0.4, 0.5) is 29.3 Å². The van der Waals surface area contributed by atoms with E-state index in [1.165, 1.54) is 17.9 Å². The van der Waals surface area contributed by atoms with Gasteiger partial charge in [-0.05, 0) is 47.9 Å². The standard InChI is InChI=1S/C28H22F3N3O3/c1-18-13-24-25(15-22(18)28(29,30)31)33-26(35)16-23(32-24)21-11-5-9-19(14-21)10-6-12-34(27(36)37)17-20-7-3-2-4-8-20/h2-5,7-9,11,13-15H,12,16-17H2,1H3,(H,33,35)(H,36,37). The van der Waals surface area contributed by atoms with Crippen molar-refractivity contribution in [2.45, 2.75) is 26.1 Å². The first-order valence-corrected chi connectivity index (χ1v) is 11.3. The van der Waals surface area contributed by atoms with E-state index in [0.29, 0.717) is 16.8 Å². The highest BCUT2D eigenvalue weighted by molar-refractivity contribution is 6.17. The molecular weight excluding hydrogens is 483 g/mol. The van der Waals surface area contributed by atoms with Gasteiger partial charge < -0.3 is 10.4 Å². The Morgan fingerprint density at radius 1 is 1.11 bits per heavy atom. The number of carbonyl (C=O) groups is 2. The number of aliphatic imine (C=N–C) groups is 1. The van der Waals surface area contributed by atoms with Crippen molar-refractivity contribution in [3.8, 4) is 11.8 Å². The number of fused-ring (bicyclic) bond motifs is 1. The maximum atomic E-state index is 13.3. The van der Waals surface area contributed by atoms with Crippen LogP contribution >= 0.6 is 0 Å². The fraction of sp³-hybridized carbons (Fsp3) is 0.179. The summed E-state index contributed by atoms with van der Waals surface area (Å²) in [4.78, 5) is 29.8. The van der Waals surface area contributed by atoms with E-state index in [1.54, 1.807) is 24.3 Å². The van der Waals surface area contributed by atoms with Gasteiger partial charge in [-0.3, -0.25) is 14.7 Å². The Hall–Kier alpha value is -4.58. The van der Waals surface area contributed by atoms with Gasteiger partial charge in [-0.2, -0.15) is 13.2 Å². The van der Waals surface area contributed by atoms with Gasteiger partial charge >= 0.3 is 12.3 Å². The molecule has 0 aromatic heterocycles. The molecule has 1 aliphatic rings. The van der Waals surface area contributed by atoms with Crippen LogP contribution in [0, 0.1) is 18.8 Å². The lowest BCUT2D eigenvalue weighted by molar-refractivity contribution is -0.138. The van der Waals surface area contributed by atoms with Crippen LogP contribution in [0.5, 0.6) is 0 Å². The molecule has 0 aliphatic carbocycles. The van der Waals surface area contributed by atoms with E-state index < -0.39 is 23.7 Å². The number of carbonyl (C=O) groups excluding carboxylic acids is 1. The fourth-order valence-corrected chi connectivity index (χ4v) is 3.90. The number of amides is 2. The summed E-state index contributed by atoms with van der Waals surface area (Å²) < 4.78 is 39.9. The third-order valence-electron chi connectivity index (χ3n) is 5.69. The highest BCUT2D eigenvalue weighted by Gasteiger charge is 2.34. The van der Waals surface area contributed by atoms with Crippen LogP contribution in [0.2, 0.25) is 0 Å². The summed E-state index contributed by atoms with van der Waals surface area (Å²) in [5, 5.41) is 12.0. The number of nitrogens with zero attached hydrogens (tertiary/aromatic N) is 2. The van der Waals surface area contributed by atoms with Crippen molar-refractivity contribution in [1.82, 2.24) is 4.90 Å². The smallest absolute Gasteiger partial charge is 0.416 e. The Balaban J connectivity index is 1.58.